The van der Waals surface area contributed by atoms with Gasteiger partial charge in [-0.15, -0.1) is 0 Å². The quantitative estimate of drug-likeness (QED) is 0.768. The van der Waals surface area contributed by atoms with Crippen molar-refractivity contribution >= 4 is 11.0 Å². The van der Waals surface area contributed by atoms with E-state index >= 15 is 0 Å². The fourth-order valence-corrected chi connectivity index (χ4v) is 1.64. The van der Waals surface area contributed by atoms with Crippen LogP contribution in [0.25, 0.3) is 11.0 Å². The van der Waals surface area contributed by atoms with Gasteiger partial charge in [-0.2, -0.15) is 0 Å². The van der Waals surface area contributed by atoms with Gasteiger partial charge < -0.3 is 4.90 Å². The lowest BCUT2D eigenvalue weighted by atomic mass is 10.3. The van der Waals surface area contributed by atoms with Crippen LogP contribution in [0.2, 0.25) is 0 Å². The summed E-state index contributed by atoms with van der Waals surface area (Å²) < 4.78 is 1.72. The van der Waals surface area contributed by atoms with Crippen molar-refractivity contribution in [1.29, 1.82) is 0 Å². The van der Waals surface area contributed by atoms with Crippen molar-refractivity contribution in [3.05, 3.63) is 40.8 Å². The van der Waals surface area contributed by atoms with Gasteiger partial charge in [-0.1, -0.05) is 0 Å². The number of hydrogen-bond donors (Lipinski definition) is 0. The Balaban J connectivity index is 2.49. The van der Waals surface area contributed by atoms with Gasteiger partial charge in [0.2, 0.25) is 0 Å². The fourth-order valence-electron chi connectivity index (χ4n) is 1.64. The molecule has 2 heterocycles. The van der Waals surface area contributed by atoms with E-state index in [1.165, 1.54) is 0 Å². The van der Waals surface area contributed by atoms with Crippen LogP contribution in [0.15, 0.2) is 35.3 Å². The number of pyridine rings is 2. The summed E-state index contributed by atoms with van der Waals surface area (Å²) in [5.41, 5.74) is 0.768. The van der Waals surface area contributed by atoms with Crippen LogP contribution in [-0.4, -0.2) is 35.1 Å². The third-order valence-corrected chi connectivity index (χ3v) is 2.51. The summed E-state index contributed by atoms with van der Waals surface area (Å²) in [5, 5.41) is 1.00. The Labute approximate surface area is 94.1 Å². The second kappa shape index (κ2) is 4.45. The molecule has 0 unspecified atom stereocenters. The van der Waals surface area contributed by atoms with E-state index in [1.54, 1.807) is 16.8 Å². The van der Waals surface area contributed by atoms with Gasteiger partial charge in [0.25, 0.3) is 5.56 Å². The highest BCUT2D eigenvalue weighted by Gasteiger charge is 2.03. The topological polar surface area (TPSA) is 38.1 Å². The van der Waals surface area contributed by atoms with E-state index < -0.39 is 0 Å². The van der Waals surface area contributed by atoms with Crippen LogP contribution in [0.5, 0.6) is 0 Å². The third kappa shape index (κ3) is 2.12. The van der Waals surface area contributed by atoms with Crippen LogP contribution in [0.4, 0.5) is 0 Å². The second-order valence-electron chi connectivity index (χ2n) is 4.04. The van der Waals surface area contributed by atoms with Crippen molar-refractivity contribution < 1.29 is 0 Å². The molecule has 0 radical (unpaired) electrons. The lowest BCUT2D eigenvalue weighted by molar-refractivity contribution is 0.383. The molecule has 2 aromatic heterocycles. The summed E-state index contributed by atoms with van der Waals surface area (Å²) in [6.07, 6.45) is 1.72. The van der Waals surface area contributed by atoms with Crippen molar-refractivity contribution in [2.24, 2.45) is 0 Å². The van der Waals surface area contributed by atoms with E-state index in [0.717, 1.165) is 17.6 Å². The zero-order chi connectivity index (χ0) is 11.5. The van der Waals surface area contributed by atoms with Gasteiger partial charge in [-0.3, -0.25) is 9.36 Å². The molecule has 0 aromatic carbocycles. The maximum atomic E-state index is 11.8. The predicted molar refractivity (Wildman–Crippen MR) is 64.6 cm³/mol. The Morgan fingerprint density at radius 1 is 1.31 bits per heavy atom. The molecule has 16 heavy (non-hydrogen) atoms. The SMILES string of the molecule is CN(C)CCn1c(=O)ccc2cccnc21. The molecule has 0 bridgehead atoms. The lowest BCUT2D eigenvalue weighted by Gasteiger charge is -2.12. The normalized spacial score (nSPS) is 11.2. The number of fused-ring (bicyclic) bond motifs is 1. The highest BCUT2D eigenvalue weighted by Crippen LogP contribution is 2.07. The van der Waals surface area contributed by atoms with Gasteiger partial charge in [0, 0.05) is 30.7 Å². The molecule has 0 N–H and O–H groups in total. The molecule has 0 aliphatic rings. The van der Waals surface area contributed by atoms with Crippen LogP contribution in [-0.2, 0) is 6.54 Å². The molecule has 0 saturated carbocycles. The van der Waals surface area contributed by atoms with Crippen LogP contribution in [0.1, 0.15) is 0 Å². The standard InChI is InChI=1S/C12H15N3O/c1-14(2)8-9-15-11(16)6-5-10-4-3-7-13-12(10)15/h3-7H,8-9H2,1-2H3. The molecule has 2 rings (SSSR count). The Hall–Kier alpha value is -1.68. The Bertz CT molecular complexity index is 545. The number of aromatic nitrogens is 2. The number of rotatable bonds is 3. The van der Waals surface area contributed by atoms with Crippen LogP contribution < -0.4 is 5.56 Å². The van der Waals surface area contributed by atoms with Gasteiger partial charge in [-0.05, 0) is 32.3 Å². The average Bonchev–Trinajstić information content (AvgIpc) is 2.27. The molecule has 4 nitrogen and oxygen atoms in total. The van der Waals surface area contributed by atoms with Gasteiger partial charge in [0.05, 0.1) is 0 Å². The zero-order valence-electron chi connectivity index (χ0n) is 9.55. The van der Waals surface area contributed by atoms with E-state index in [9.17, 15) is 4.79 Å². The molecule has 0 saturated heterocycles. The third-order valence-electron chi connectivity index (χ3n) is 2.51. The smallest absolute Gasteiger partial charge is 0.252 e. The van der Waals surface area contributed by atoms with Crippen LogP contribution in [0.3, 0.4) is 0 Å². The monoisotopic (exact) mass is 217 g/mol. The summed E-state index contributed by atoms with van der Waals surface area (Å²) in [5.74, 6) is 0. The van der Waals surface area contributed by atoms with Gasteiger partial charge in [-0.25, -0.2) is 4.98 Å². The van der Waals surface area contributed by atoms with Gasteiger partial charge in [0.15, 0.2) is 0 Å². The maximum absolute atomic E-state index is 11.8. The molecule has 4 heteroatoms. The summed E-state index contributed by atoms with van der Waals surface area (Å²) in [7, 11) is 3.98. The van der Waals surface area contributed by atoms with Crippen molar-refractivity contribution in [3.63, 3.8) is 0 Å². The molecule has 84 valence electrons. The Morgan fingerprint density at radius 2 is 2.12 bits per heavy atom. The minimum atomic E-state index is 0.00745. The van der Waals surface area contributed by atoms with E-state index in [0.29, 0.717) is 6.54 Å². The minimum absolute atomic E-state index is 0.00745. The molecule has 0 spiro atoms. The molecular formula is C12H15N3O. The van der Waals surface area contributed by atoms with Crippen LogP contribution in [0, 0.1) is 0 Å². The summed E-state index contributed by atoms with van der Waals surface area (Å²) in [6.45, 7) is 1.50. The number of likely N-dealkylation sites (N-methyl/N-ethyl adjacent to an activating group) is 1. The highest BCUT2D eigenvalue weighted by atomic mass is 16.1. The molecule has 0 atom stereocenters. The first kappa shape index (κ1) is 10.8. The summed E-state index contributed by atoms with van der Waals surface area (Å²) in [4.78, 5) is 18.1. The summed E-state index contributed by atoms with van der Waals surface area (Å²) >= 11 is 0. The highest BCUT2D eigenvalue weighted by molar-refractivity contribution is 5.74. The molecule has 0 amide bonds. The first-order chi connectivity index (χ1) is 7.68. The minimum Gasteiger partial charge on any atom is -0.308 e. The van der Waals surface area contributed by atoms with Gasteiger partial charge in [0.1, 0.15) is 5.65 Å². The average molecular weight is 217 g/mol. The number of hydrogen-bond acceptors (Lipinski definition) is 3. The van der Waals surface area contributed by atoms with Crippen molar-refractivity contribution in [3.8, 4) is 0 Å². The lowest BCUT2D eigenvalue weighted by Crippen LogP contribution is -2.26. The molecule has 0 aliphatic carbocycles. The van der Waals surface area contributed by atoms with Gasteiger partial charge >= 0.3 is 0 Å². The van der Waals surface area contributed by atoms with E-state index in [-0.39, 0.29) is 5.56 Å². The first-order valence-electron chi connectivity index (χ1n) is 5.28. The van der Waals surface area contributed by atoms with E-state index in [2.05, 4.69) is 4.98 Å². The van der Waals surface area contributed by atoms with Crippen LogP contribution >= 0.6 is 0 Å². The first-order valence-corrected chi connectivity index (χ1v) is 5.28. The van der Waals surface area contributed by atoms with Crippen molar-refractivity contribution in [2.75, 3.05) is 20.6 Å². The molecule has 0 aliphatic heterocycles. The Kier molecular flexibility index (Phi) is 3.01. The summed E-state index contributed by atoms with van der Waals surface area (Å²) in [6, 6.07) is 7.26. The van der Waals surface area contributed by atoms with Crippen molar-refractivity contribution in [2.45, 2.75) is 6.54 Å². The Morgan fingerprint density at radius 3 is 2.88 bits per heavy atom. The van der Waals surface area contributed by atoms with Crippen molar-refractivity contribution in [1.82, 2.24) is 14.5 Å². The van der Waals surface area contributed by atoms with E-state index in [4.69, 9.17) is 0 Å². The number of nitrogens with zero attached hydrogens (tertiary/aromatic N) is 3. The molecule has 2 aromatic rings. The van der Waals surface area contributed by atoms with E-state index in [1.807, 2.05) is 37.2 Å². The molecule has 0 fully saturated rings. The largest absolute Gasteiger partial charge is 0.308 e. The fraction of sp³-hybridized carbons (Fsp3) is 0.333. The zero-order valence-corrected chi connectivity index (χ0v) is 9.55. The second-order valence-corrected chi connectivity index (χ2v) is 4.04. The predicted octanol–water partition coefficient (Wildman–Crippen LogP) is 0.958. The maximum Gasteiger partial charge on any atom is 0.252 e. The molecular weight excluding hydrogens is 202 g/mol.